The Morgan fingerprint density at radius 1 is 1.42 bits per heavy atom. The molecule has 1 saturated heterocycles. The van der Waals surface area contributed by atoms with E-state index >= 15 is 0 Å². The van der Waals surface area contributed by atoms with Crippen molar-refractivity contribution < 1.29 is 9.21 Å². The Morgan fingerprint density at radius 3 is 3.11 bits per heavy atom. The van der Waals surface area contributed by atoms with Crippen LogP contribution in [-0.4, -0.2) is 32.1 Å². The molecule has 0 N–H and O–H groups in total. The van der Waals surface area contributed by atoms with E-state index in [-0.39, 0.29) is 18.0 Å². The molecule has 0 aromatic carbocycles. The van der Waals surface area contributed by atoms with Crippen LogP contribution in [0.4, 0.5) is 0 Å². The highest BCUT2D eigenvalue weighted by Crippen LogP contribution is 2.40. The molecule has 2 aliphatic heterocycles. The predicted octanol–water partition coefficient (Wildman–Crippen LogP) is 1.78. The Kier molecular flexibility index (Phi) is 2.09. The third-order valence-electron chi connectivity index (χ3n) is 4.04. The summed E-state index contributed by atoms with van der Waals surface area (Å²) in [7, 11) is 0. The summed E-state index contributed by atoms with van der Waals surface area (Å²) in [6, 6.07) is 3.48. The van der Waals surface area contributed by atoms with Crippen molar-refractivity contribution in [1.82, 2.24) is 19.7 Å². The van der Waals surface area contributed by atoms with Gasteiger partial charge in [0.25, 0.3) is 0 Å². The first-order chi connectivity index (χ1) is 9.27. The van der Waals surface area contributed by atoms with Gasteiger partial charge in [0, 0.05) is 6.54 Å². The molecule has 19 heavy (non-hydrogen) atoms. The Bertz CT molecular complexity index is 631. The third kappa shape index (κ3) is 1.34. The van der Waals surface area contributed by atoms with Gasteiger partial charge in [-0.2, -0.15) is 0 Å². The molecule has 2 atom stereocenters. The van der Waals surface area contributed by atoms with E-state index in [2.05, 4.69) is 10.2 Å². The van der Waals surface area contributed by atoms with E-state index in [1.54, 1.807) is 6.26 Å². The maximum Gasteiger partial charge on any atom is 0.246 e. The number of furan rings is 1. The zero-order chi connectivity index (χ0) is 13.0. The van der Waals surface area contributed by atoms with Gasteiger partial charge in [0.2, 0.25) is 11.7 Å². The lowest BCUT2D eigenvalue weighted by Gasteiger charge is -2.33. The highest BCUT2D eigenvalue weighted by Gasteiger charge is 2.42. The average molecular weight is 258 g/mol. The van der Waals surface area contributed by atoms with Crippen molar-refractivity contribution in [2.24, 2.45) is 0 Å². The number of fused-ring (bicyclic) bond motifs is 3. The van der Waals surface area contributed by atoms with E-state index in [4.69, 9.17) is 4.42 Å². The van der Waals surface area contributed by atoms with Gasteiger partial charge in [-0.05, 0) is 31.9 Å². The maximum absolute atomic E-state index is 12.4. The first-order valence-corrected chi connectivity index (χ1v) is 6.56. The Hall–Kier alpha value is -2.11. The molecule has 98 valence electrons. The first-order valence-electron chi connectivity index (χ1n) is 6.56. The highest BCUT2D eigenvalue weighted by molar-refractivity contribution is 5.82. The van der Waals surface area contributed by atoms with E-state index in [9.17, 15) is 4.79 Å². The van der Waals surface area contributed by atoms with Crippen LogP contribution in [0.2, 0.25) is 0 Å². The molecule has 0 radical (unpaired) electrons. The number of carbonyl (C=O) groups is 1. The van der Waals surface area contributed by atoms with E-state index < -0.39 is 0 Å². The molecule has 4 heterocycles. The minimum Gasteiger partial charge on any atom is -0.461 e. The fourth-order valence-corrected chi connectivity index (χ4v) is 3.14. The molecular weight excluding hydrogens is 244 g/mol. The van der Waals surface area contributed by atoms with Crippen molar-refractivity contribution in [2.45, 2.75) is 31.8 Å². The number of amides is 1. The zero-order valence-electron chi connectivity index (χ0n) is 10.6. The van der Waals surface area contributed by atoms with Gasteiger partial charge in [-0.15, -0.1) is 10.2 Å². The molecule has 6 heteroatoms. The molecule has 2 aliphatic rings. The van der Waals surface area contributed by atoms with E-state index in [1.165, 1.54) is 0 Å². The van der Waals surface area contributed by atoms with Crippen LogP contribution in [0.3, 0.4) is 0 Å². The topological polar surface area (TPSA) is 64.2 Å². The van der Waals surface area contributed by atoms with Gasteiger partial charge in [0.1, 0.15) is 6.04 Å². The van der Waals surface area contributed by atoms with Crippen LogP contribution in [0, 0.1) is 0 Å². The second kappa shape index (κ2) is 3.69. The lowest BCUT2D eigenvalue weighted by molar-refractivity contribution is -0.137. The summed E-state index contributed by atoms with van der Waals surface area (Å²) in [4.78, 5) is 14.3. The van der Waals surface area contributed by atoms with Gasteiger partial charge in [-0.25, -0.2) is 0 Å². The average Bonchev–Trinajstić information content (AvgIpc) is 3.11. The number of aromatic nitrogens is 3. The van der Waals surface area contributed by atoms with E-state index in [1.807, 2.05) is 28.5 Å². The second-order valence-corrected chi connectivity index (χ2v) is 5.09. The van der Waals surface area contributed by atoms with Crippen molar-refractivity contribution in [3.63, 3.8) is 0 Å². The molecule has 0 aliphatic carbocycles. The predicted molar refractivity (Wildman–Crippen MR) is 66.1 cm³/mol. The quantitative estimate of drug-likeness (QED) is 0.782. The maximum atomic E-state index is 12.4. The monoisotopic (exact) mass is 258 g/mol. The Morgan fingerprint density at radius 2 is 2.32 bits per heavy atom. The first kappa shape index (κ1) is 10.8. The summed E-state index contributed by atoms with van der Waals surface area (Å²) in [5.41, 5.74) is 0. The number of hydrogen-bond donors (Lipinski definition) is 0. The molecule has 0 spiro atoms. The van der Waals surface area contributed by atoms with Gasteiger partial charge >= 0.3 is 0 Å². The molecule has 2 aromatic heterocycles. The van der Waals surface area contributed by atoms with Crippen LogP contribution in [0.15, 0.2) is 22.8 Å². The summed E-state index contributed by atoms with van der Waals surface area (Å²) in [6.07, 6.45) is 3.61. The standard InChI is InChI=1S/C13H14N4O2/c1-8-13(18)16-6-2-4-9(16)11-14-15-12(17(8)11)10-5-3-7-19-10/h3,5,7-9H,2,4,6H2,1H3/t8-,9-/m0/s1. The molecule has 6 nitrogen and oxygen atoms in total. The van der Waals surface area contributed by atoms with Gasteiger partial charge < -0.3 is 9.32 Å². The van der Waals surface area contributed by atoms with Gasteiger partial charge in [-0.3, -0.25) is 9.36 Å². The summed E-state index contributed by atoms with van der Waals surface area (Å²) < 4.78 is 7.31. The van der Waals surface area contributed by atoms with Crippen LogP contribution >= 0.6 is 0 Å². The summed E-state index contributed by atoms with van der Waals surface area (Å²) in [5, 5.41) is 8.53. The zero-order valence-corrected chi connectivity index (χ0v) is 10.6. The van der Waals surface area contributed by atoms with Crippen LogP contribution in [0.5, 0.6) is 0 Å². The van der Waals surface area contributed by atoms with E-state index in [0.717, 1.165) is 25.2 Å². The molecule has 0 bridgehead atoms. The van der Waals surface area contributed by atoms with E-state index in [0.29, 0.717) is 11.6 Å². The van der Waals surface area contributed by atoms with Gasteiger partial charge in [0.05, 0.1) is 12.3 Å². The van der Waals surface area contributed by atoms with Crippen molar-refractivity contribution >= 4 is 5.91 Å². The summed E-state index contributed by atoms with van der Waals surface area (Å²) >= 11 is 0. The van der Waals surface area contributed by atoms with Crippen LogP contribution in [0.25, 0.3) is 11.6 Å². The largest absolute Gasteiger partial charge is 0.461 e. The minimum atomic E-state index is -0.264. The molecular formula is C13H14N4O2. The van der Waals surface area contributed by atoms with Gasteiger partial charge in [-0.1, -0.05) is 0 Å². The Labute approximate surface area is 110 Å². The fraction of sp³-hybridized carbons (Fsp3) is 0.462. The van der Waals surface area contributed by atoms with Crippen molar-refractivity contribution in [3.05, 3.63) is 24.2 Å². The number of hydrogen-bond acceptors (Lipinski definition) is 4. The molecule has 1 amide bonds. The van der Waals surface area contributed by atoms with Crippen molar-refractivity contribution in [1.29, 1.82) is 0 Å². The number of carbonyl (C=O) groups excluding carboxylic acids is 1. The normalized spacial score (nSPS) is 25.5. The molecule has 4 rings (SSSR count). The second-order valence-electron chi connectivity index (χ2n) is 5.09. The highest BCUT2D eigenvalue weighted by atomic mass is 16.3. The minimum absolute atomic E-state index is 0.0833. The van der Waals surface area contributed by atoms with Crippen molar-refractivity contribution in [2.75, 3.05) is 6.54 Å². The number of rotatable bonds is 1. The lowest BCUT2D eigenvalue weighted by Crippen LogP contribution is -2.42. The number of nitrogens with zero attached hydrogens (tertiary/aromatic N) is 4. The van der Waals surface area contributed by atoms with Gasteiger partial charge in [0.15, 0.2) is 11.6 Å². The van der Waals surface area contributed by atoms with Crippen LogP contribution in [0.1, 0.15) is 37.7 Å². The van der Waals surface area contributed by atoms with Crippen molar-refractivity contribution in [3.8, 4) is 11.6 Å². The van der Waals surface area contributed by atoms with Crippen LogP contribution < -0.4 is 0 Å². The third-order valence-corrected chi connectivity index (χ3v) is 4.04. The molecule has 0 unspecified atom stereocenters. The Balaban J connectivity index is 1.90. The summed E-state index contributed by atoms with van der Waals surface area (Å²) in [5.74, 6) is 2.34. The molecule has 2 aromatic rings. The fourth-order valence-electron chi connectivity index (χ4n) is 3.14. The smallest absolute Gasteiger partial charge is 0.246 e. The molecule has 1 fully saturated rings. The van der Waals surface area contributed by atoms with Crippen LogP contribution in [-0.2, 0) is 4.79 Å². The summed E-state index contributed by atoms with van der Waals surface area (Å²) in [6.45, 7) is 2.73. The molecule has 0 saturated carbocycles. The SMILES string of the molecule is C[C@H]1C(=O)N2CCC[C@H]2c2nnc(-c3ccco3)n21. The lowest BCUT2D eigenvalue weighted by atomic mass is 10.1.